The monoisotopic (exact) mass is 170 g/mol. The molecular weight excluding hydrogens is 156 g/mol. The quantitative estimate of drug-likeness (QED) is 0.440. The molecule has 1 heteroatoms. The summed E-state index contributed by atoms with van der Waals surface area (Å²) in [6.07, 6.45) is 5.93. The molecule has 1 atom stereocenters. The molecule has 0 saturated heterocycles. The van der Waals surface area contributed by atoms with Crippen LogP contribution in [0.5, 0.6) is 0 Å². The summed E-state index contributed by atoms with van der Waals surface area (Å²) in [6, 6.07) is 0. The van der Waals surface area contributed by atoms with Crippen molar-refractivity contribution in [3.8, 4) is 0 Å². The van der Waals surface area contributed by atoms with E-state index in [1.54, 1.807) is 0 Å². The fourth-order valence-electron chi connectivity index (χ4n) is 1.45. The van der Waals surface area contributed by atoms with Gasteiger partial charge in [0.05, 0.1) is 0 Å². The standard InChI is InChI=1S/C10H15Cl/c1-8-3-5-10(6-4-8)9(2)7-11/h3,10H,2,4-7H2,1H3. The van der Waals surface area contributed by atoms with E-state index in [9.17, 15) is 0 Å². The Hall–Kier alpha value is -0.230. The average molecular weight is 171 g/mol. The van der Waals surface area contributed by atoms with Gasteiger partial charge in [-0.15, -0.1) is 11.6 Å². The molecule has 1 unspecified atom stereocenters. The molecular formula is C10H15Cl. The molecule has 62 valence electrons. The predicted molar refractivity (Wildman–Crippen MR) is 51.0 cm³/mol. The van der Waals surface area contributed by atoms with Gasteiger partial charge in [-0.2, -0.15) is 0 Å². The van der Waals surface area contributed by atoms with Crippen LogP contribution >= 0.6 is 11.6 Å². The molecule has 0 aromatic heterocycles. The Morgan fingerprint density at radius 3 is 3.00 bits per heavy atom. The third-order valence-corrected chi connectivity index (χ3v) is 2.73. The smallest absolute Gasteiger partial charge is 0.0433 e. The van der Waals surface area contributed by atoms with Gasteiger partial charge in [-0.3, -0.25) is 0 Å². The number of hydrogen-bond donors (Lipinski definition) is 0. The van der Waals surface area contributed by atoms with Gasteiger partial charge in [-0.05, 0) is 32.1 Å². The molecule has 0 heterocycles. The topological polar surface area (TPSA) is 0 Å². The van der Waals surface area contributed by atoms with Crippen molar-refractivity contribution in [3.63, 3.8) is 0 Å². The Morgan fingerprint density at radius 1 is 1.82 bits per heavy atom. The zero-order valence-corrected chi connectivity index (χ0v) is 7.82. The van der Waals surface area contributed by atoms with Gasteiger partial charge in [0.2, 0.25) is 0 Å². The van der Waals surface area contributed by atoms with Crippen molar-refractivity contribution in [1.29, 1.82) is 0 Å². The average Bonchev–Trinajstić information content (AvgIpc) is 2.05. The first-order valence-corrected chi connectivity index (χ1v) is 4.66. The highest BCUT2D eigenvalue weighted by molar-refractivity contribution is 6.19. The second kappa shape index (κ2) is 3.96. The van der Waals surface area contributed by atoms with Crippen LogP contribution in [-0.2, 0) is 0 Å². The van der Waals surface area contributed by atoms with E-state index in [0.717, 1.165) is 6.42 Å². The first-order valence-electron chi connectivity index (χ1n) is 4.13. The second-order valence-corrected chi connectivity index (χ2v) is 3.58. The van der Waals surface area contributed by atoms with E-state index in [2.05, 4.69) is 19.6 Å². The van der Waals surface area contributed by atoms with Crippen molar-refractivity contribution in [1.82, 2.24) is 0 Å². The summed E-state index contributed by atoms with van der Waals surface area (Å²) in [4.78, 5) is 0. The van der Waals surface area contributed by atoms with Crippen molar-refractivity contribution < 1.29 is 0 Å². The molecule has 1 aliphatic rings. The third-order valence-electron chi connectivity index (χ3n) is 2.39. The minimum absolute atomic E-state index is 0.623. The maximum Gasteiger partial charge on any atom is 0.0433 e. The summed E-state index contributed by atoms with van der Waals surface area (Å²) in [5.41, 5.74) is 2.72. The second-order valence-electron chi connectivity index (χ2n) is 3.31. The van der Waals surface area contributed by atoms with Gasteiger partial charge >= 0.3 is 0 Å². The zero-order valence-electron chi connectivity index (χ0n) is 7.07. The highest BCUT2D eigenvalue weighted by Gasteiger charge is 2.14. The van der Waals surface area contributed by atoms with Crippen LogP contribution in [0, 0.1) is 5.92 Å². The lowest BCUT2D eigenvalue weighted by Gasteiger charge is -2.21. The van der Waals surface area contributed by atoms with Crippen LogP contribution < -0.4 is 0 Å². The Bertz CT molecular complexity index is 179. The summed E-state index contributed by atoms with van der Waals surface area (Å²) in [5.74, 6) is 1.27. The van der Waals surface area contributed by atoms with Gasteiger partial charge in [0.1, 0.15) is 0 Å². The summed E-state index contributed by atoms with van der Waals surface area (Å²) in [6.45, 7) is 6.15. The Labute approximate surface area is 73.9 Å². The Kier molecular flexibility index (Phi) is 3.19. The van der Waals surface area contributed by atoms with Gasteiger partial charge in [-0.25, -0.2) is 0 Å². The van der Waals surface area contributed by atoms with E-state index in [0.29, 0.717) is 11.8 Å². The molecule has 0 amide bonds. The molecule has 0 nitrogen and oxygen atoms in total. The van der Waals surface area contributed by atoms with Gasteiger partial charge in [0.25, 0.3) is 0 Å². The zero-order chi connectivity index (χ0) is 8.27. The van der Waals surface area contributed by atoms with Crippen molar-refractivity contribution in [3.05, 3.63) is 23.8 Å². The Morgan fingerprint density at radius 2 is 2.55 bits per heavy atom. The number of hydrogen-bond acceptors (Lipinski definition) is 0. The van der Waals surface area contributed by atoms with E-state index in [4.69, 9.17) is 11.6 Å². The summed E-state index contributed by atoms with van der Waals surface area (Å²) < 4.78 is 0. The molecule has 0 aliphatic heterocycles. The first kappa shape index (κ1) is 8.86. The maximum atomic E-state index is 5.70. The number of alkyl halides is 1. The third kappa shape index (κ3) is 2.37. The van der Waals surface area contributed by atoms with Crippen molar-refractivity contribution in [2.24, 2.45) is 5.92 Å². The number of rotatable bonds is 2. The fraction of sp³-hybridized carbons (Fsp3) is 0.600. The maximum absolute atomic E-state index is 5.70. The van der Waals surface area contributed by atoms with Crippen LogP contribution in [0.3, 0.4) is 0 Å². The number of allylic oxidation sites excluding steroid dienone is 3. The van der Waals surface area contributed by atoms with Crippen LogP contribution in [0.2, 0.25) is 0 Å². The lowest BCUT2D eigenvalue weighted by Crippen LogP contribution is -2.07. The molecule has 0 radical (unpaired) electrons. The first-order chi connectivity index (χ1) is 5.24. The molecule has 0 N–H and O–H groups in total. The summed E-state index contributed by atoms with van der Waals surface area (Å²) >= 11 is 5.70. The van der Waals surface area contributed by atoms with Gasteiger partial charge in [-0.1, -0.05) is 23.8 Å². The van der Waals surface area contributed by atoms with E-state index in [1.807, 2.05) is 0 Å². The van der Waals surface area contributed by atoms with Gasteiger partial charge < -0.3 is 0 Å². The van der Waals surface area contributed by atoms with E-state index < -0.39 is 0 Å². The van der Waals surface area contributed by atoms with E-state index >= 15 is 0 Å². The molecule has 0 fully saturated rings. The molecule has 0 bridgehead atoms. The molecule has 0 spiro atoms. The summed E-state index contributed by atoms with van der Waals surface area (Å²) in [5, 5.41) is 0. The van der Waals surface area contributed by atoms with E-state index in [-0.39, 0.29) is 0 Å². The molecule has 0 aromatic rings. The SMILES string of the molecule is C=C(CCl)C1CC=C(C)CC1. The molecule has 1 rings (SSSR count). The highest BCUT2D eigenvalue weighted by atomic mass is 35.5. The fourth-order valence-corrected chi connectivity index (χ4v) is 1.66. The van der Waals surface area contributed by atoms with Crippen LogP contribution in [0.25, 0.3) is 0 Å². The lowest BCUT2D eigenvalue weighted by molar-refractivity contribution is 0.541. The normalized spacial score (nSPS) is 24.5. The minimum atomic E-state index is 0.623. The highest BCUT2D eigenvalue weighted by Crippen LogP contribution is 2.28. The predicted octanol–water partition coefficient (Wildman–Crippen LogP) is 3.53. The lowest BCUT2D eigenvalue weighted by atomic mass is 9.86. The minimum Gasteiger partial charge on any atom is -0.122 e. The molecule has 1 aliphatic carbocycles. The molecule has 0 aromatic carbocycles. The van der Waals surface area contributed by atoms with Gasteiger partial charge in [0, 0.05) is 5.88 Å². The Balaban J connectivity index is 2.47. The summed E-state index contributed by atoms with van der Waals surface area (Å²) in [7, 11) is 0. The molecule has 0 saturated carbocycles. The van der Waals surface area contributed by atoms with Crippen molar-refractivity contribution in [2.75, 3.05) is 5.88 Å². The van der Waals surface area contributed by atoms with Crippen molar-refractivity contribution in [2.45, 2.75) is 26.2 Å². The van der Waals surface area contributed by atoms with Crippen LogP contribution in [0.4, 0.5) is 0 Å². The van der Waals surface area contributed by atoms with Crippen LogP contribution in [0.1, 0.15) is 26.2 Å². The van der Waals surface area contributed by atoms with Crippen LogP contribution in [0.15, 0.2) is 23.8 Å². The van der Waals surface area contributed by atoms with Crippen molar-refractivity contribution >= 4 is 11.6 Å². The number of halogens is 1. The van der Waals surface area contributed by atoms with Gasteiger partial charge in [0.15, 0.2) is 0 Å². The van der Waals surface area contributed by atoms with E-state index in [1.165, 1.54) is 24.0 Å². The largest absolute Gasteiger partial charge is 0.122 e. The van der Waals surface area contributed by atoms with Crippen LogP contribution in [-0.4, -0.2) is 5.88 Å². The molecule has 11 heavy (non-hydrogen) atoms.